The van der Waals surface area contributed by atoms with Crippen molar-refractivity contribution in [3.05, 3.63) is 23.5 Å². The van der Waals surface area contributed by atoms with Crippen LogP contribution in [-0.4, -0.2) is 26.5 Å². The molecule has 14 heavy (non-hydrogen) atoms. The Labute approximate surface area is 85.8 Å². The maximum atomic E-state index is 4.18. The molecule has 0 saturated heterocycles. The van der Waals surface area contributed by atoms with Crippen LogP contribution >= 0.6 is 11.3 Å². The Balaban J connectivity index is 1.78. The molecule has 0 aliphatic rings. The highest BCUT2D eigenvalue weighted by Crippen LogP contribution is 2.06. The lowest BCUT2D eigenvalue weighted by Gasteiger charge is -2.01. The van der Waals surface area contributed by atoms with Gasteiger partial charge in [0.05, 0.1) is 12.7 Å². The SMILES string of the molecule is Cc1cnn(CCNc2nncs2)c1. The molecule has 2 aromatic heterocycles. The molecule has 2 heterocycles. The topological polar surface area (TPSA) is 55.6 Å². The van der Waals surface area contributed by atoms with Crippen LogP contribution < -0.4 is 5.32 Å². The molecule has 0 atom stereocenters. The lowest BCUT2D eigenvalue weighted by atomic mass is 10.4. The lowest BCUT2D eigenvalue weighted by molar-refractivity contribution is 0.637. The van der Waals surface area contributed by atoms with Gasteiger partial charge in [-0.3, -0.25) is 4.68 Å². The second-order valence-electron chi connectivity index (χ2n) is 2.95. The van der Waals surface area contributed by atoms with Crippen molar-refractivity contribution in [1.29, 1.82) is 0 Å². The van der Waals surface area contributed by atoms with Gasteiger partial charge >= 0.3 is 0 Å². The van der Waals surface area contributed by atoms with Crippen molar-refractivity contribution in [3.63, 3.8) is 0 Å². The molecule has 1 N–H and O–H groups in total. The van der Waals surface area contributed by atoms with Crippen LogP contribution in [0.4, 0.5) is 5.13 Å². The highest BCUT2D eigenvalue weighted by molar-refractivity contribution is 7.13. The summed E-state index contributed by atoms with van der Waals surface area (Å²) in [5, 5.41) is 15.8. The molecule has 0 saturated carbocycles. The van der Waals surface area contributed by atoms with Gasteiger partial charge in [-0.25, -0.2) is 0 Å². The van der Waals surface area contributed by atoms with Crippen LogP contribution in [0.15, 0.2) is 17.9 Å². The molecule has 0 bridgehead atoms. The third kappa shape index (κ3) is 2.29. The molecule has 0 spiro atoms. The van der Waals surface area contributed by atoms with E-state index in [4.69, 9.17) is 0 Å². The van der Waals surface area contributed by atoms with Gasteiger partial charge in [0.25, 0.3) is 0 Å². The number of aromatic nitrogens is 4. The van der Waals surface area contributed by atoms with Crippen LogP contribution in [-0.2, 0) is 6.54 Å². The van der Waals surface area contributed by atoms with E-state index in [1.807, 2.05) is 24.0 Å². The molecule has 6 heteroatoms. The van der Waals surface area contributed by atoms with E-state index < -0.39 is 0 Å². The maximum Gasteiger partial charge on any atom is 0.205 e. The molecule has 0 aromatic carbocycles. The van der Waals surface area contributed by atoms with Crippen molar-refractivity contribution < 1.29 is 0 Å². The number of rotatable bonds is 4. The Morgan fingerprint density at radius 2 is 2.50 bits per heavy atom. The molecule has 74 valence electrons. The van der Waals surface area contributed by atoms with Gasteiger partial charge in [-0.05, 0) is 12.5 Å². The zero-order valence-corrected chi connectivity index (χ0v) is 8.66. The molecular weight excluding hydrogens is 198 g/mol. The summed E-state index contributed by atoms with van der Waals surface area (Å²) in [5.74, 6) is 0. The fraction of sp³-hybridized carbons (Fsp3) is 0.375. The molecule has 2 rings (SSSR count). The van der Waals surface area contributed by atoms with Crippen LogP contribution in [0.1, 0.15) is 5.56 Å². The molecule has 0 aliphatic carbocycles. The number of hydrogen-bond donors (Lipinski definition) is 1. The molecular formula is C8H11N5S. The van der Waals surface area contributed by atoms with Gasteiger partial charge in [0.1, 0.15) is 5.51 Å². The van der Waals surface area contributed by atoms with Crippen molar-refractivity contribution in [2.75, 3.05) is 11.9 Å². The van der Waals surface area contributed by atoms with E-state index in [1.165, 1.54) is 16.9 Å². The molecule has 2 aromatic rings. The van der Waals surface area contributed by atoms with Gasteiger partial charge in [0, 0.05) is 12.7 Å². The van der Waals surface area contributed by atoms with Crippen molar-refractivity contribution in [3.8, 4) is 0 Å². The summed E-state index contributed by atoms with van der Waals surface area (Å²) < 4.78 is 1.91. The second kappa shape index (κ2) is 4.19. The highest BCUT2D eigenvalue weighted by atomic mass is 32.1. The van der Waals surface area contributed by atoms with E-state index in [1.54, 1.807) is 5.51 Å². The normalized spacial score (nSPS) is 10.4. The quantitative estimate of drug-likeness (QED) is 0.820. The number of anilines is 1. The zero-order valence-electron chi connectivity index (χ0n) is 7.84. The summed E-state index contributed by atoms with van der Waals surface area (Å²) in [6, 6.07) is 0. The van der Waals surface area contributed by atoms with Crippen LogP contribution in [0.5, 0.6) is 0 Å². The fourth-order valence-corrected chi connectivity index (χ4v) is 1.59. The van der Waals surface area contributed by atoms with Crippen molar-refractivity contribution >= 4 is 16.5 Å². The molecule has 0 unspecified atom stereocenters. The maximum absolute atomic E-state index is 4.18. The summed E-state index contributed by atoms with van der Waals surface area (Å²) in [6.45, 7) is 3.69. The van der Waals surface area contributed by atoms with Gasteiger partial charge in [0.2, 0.25) is 5.13 Å². The smallest absolute Gasteiger partial charge is 0.205 e. The van der Waals surface area contributed by atoms with Crippen molar-refractivity contribution in [2.45, 2.75) is 13.5 Å². The van der Waals surface area contributed by atoms with Gasteiger partial charge in [-0.15, -0.1) is 10.2 Å². The first-order valence-electron chi connectivity index (χ1n) is 4.34. The zero-order chi connectivity index (χ0) is 9.80. The summed E-state index contributed by atoms with van der Waals surface area (Å²) in [6.07, 6.45) is 3.87. The largest absolute Gasteiger partial charge is 0.358 e. The van der Waals surface area contributed by atoms with Crippen LogP contribution in [0.3, 0.4) is 0 Å². The Bertz CT molecular complexity index is 380. The van der Waals surface area contributed by atoms with Crippen molar-refractivity contribution in [2.24, 2.45) is 0 Å². The van der Waals surface area contributed by atoms with E-state index in [0.717, 1.165) is 18.2 Å². The summed E-state index contributed by atoms with van der Waals surface area (Å²) in [4.78, 5) is 0. The van der Waals surface area contributed by atoms with E-state index in [-0.39, 0.29) is 0 Å². The average Bonchev–Trinajstić information content (AvgIpc) is 2.77. The van der Waals surface area contributed by atoms with Gasteiger partial charge < -0.3 is 5.32 Å². The van der Waals surface area contributed by atoms with Crippen molar-refractivity contribution in [1.82, 2.24) is 20.0 Å². The first-order chi connectivity index (χ1) is 6.84. The Hall–Kier alpha value is -1.43. The second-order valence-corrected chi connectivity index (χ2v) is 3.78. The fourth-order valence-electron chi connectivity index (χ4n) is 1.12. The lowest BCUT2D eigenvalue weighted by Crippen LogP contribution is -2.10. The molecule has 0 amide bonds. The number of nitrogens with zero attached hydrogens (tertiary/aromatic N) is 4. The number of hydrogen-bond acceptors (Lipinski definition) is 5. The van der Waals surface area contributed by atoms with E-state index in [2.05, 4.69) is 20.6 Å². The Morgan fingerprint density at radius 1 is 1.57 bits per heavy atom. The Kier molecular flexibility index (Phi) is 2.73. The first kappa shape index (κ1) is 9.14. The molecule has 0 fully saturated rings. The van der Waals surface area contributed by atoms with E-state index >= 15 is 0 Å². The van der Waals surface area contributed by atoms with E-state index in [9.17, 15) is 0 Å². The van der Waals surface area contributed by atoms with E-state index in [0.29, 0.717) is 0 Å². The highest BCUT2D eigenvalue weighted by Gasteiger charge is 1.96. The van der Waals surface area contributed by atoms with Gasteiger partial charge in [-0.2, -0.15) is 5.10 Å². The average molecular weight is 209 g/mol. The minimum Gasteiger partial charge on any atom is -0.358 e. The summed E-state index contributed by atoms with van der Waals surface area (Å²) in [5.41, 5.74) is 2.89. The third-order valence-electron chi connectivity index (χ3n) is 1.74. The molecule has 0 aliphatic heterocycles. The summed E-state index contributed by atoms with van der Waals surface area (Å²) in [7, 11) is 0. The minimum atomic E-state index is 0.816. The third-order valence-corrected chi connectivity index (χ3v) is 2.39. The van der Waals surface area contributed by atoms with Gasteiger partial charge in [0.15, 0.2) is 0 Å². The molecule has 5 nitrogen and oxygen atoms in total. The standard InChI is InChI=1S/C8H11N5S/c1-7-4-11-13(5-7)3-2-9-8-12-10-6-14-8/h4-6H,2-3H2,1H3,(H,9,12). The first-order valence-corrected chi connectivity index (χ1v) is 5.21. The summed E-state index contributed by atoms with van der Waals surface area (Å²) >= 11 is 1.50. The van der Waals surface area contributed by atoms with Crippen LogP contribution in [0, 0.1) is 6.92 Å². The number of aryl methyl sites for hydroxylation is 1. The predicted octanol–water partition coefficient (Wildman–Crippen LogP) is 1.16. The minimum absolute atomic E-state index is 0.816. The van der Waals surface area contributed by atoms with Crippen LogP contribution in [0.2, 0.25) is 0 Å². The monoisotopic (exact) mass is 209 g/mol. The Morgan fingerprint density at radius 3 is 3.14 bits per heavy atom. The van der Waals surface area contributed by atoms with Gasteiger partial charge in [-0.1, -0.05) is 11.3 Å². The molecule has 0 radical (unpaired) electrons. The predicted molar refractivity (Wildman–Crippen MR) is 55.4 cm³/mol. The number of nitrogens with one attached hydrogen (secondary N) is 1. The van der Waals surface area contributed by atoms with Crippen LogP contribution in [0.25, 0.3) is 0 Å².